The number of halogens is 3. The minimum absolute atomic E-state index is 0.0188. The normalized spacial score (nSPS) is 16.1. The van der Waals surface area contributed by atoms with Gasteiger partial charge < -0.3 is 9.73 Å². The second-order valence-corrected chi connectivity index (χ2v) is 7.40. The molecular formula is C18H13F3N2O3S2. The van der Waals surface area contributed by atoms with Gasteiger partial charge in [0.05, 0.1) is 16.7 Å². The smallest absolute Gasteiger partial charge is 0.416 e. The molecule has 2 heterocycles. The van der Waals surface area contributed by atoms with Gasteiger partial charge in [0.15, 0.2) is 0 Å². The van der Waals surface area contributed by atoms with Crippen molar-refractivity contribution in [3.8, 4) is 0 Å². The van der Waals surface area contributed by atoms with Crippen LogP contribution in [0.1, 0.15) is 17.7 Å². The number of nitrogens with one attached hydrogen (secondary N) is 1. The van der Waals surface area contributed by atoms with Gasteiger partial charge in [0, 0.05) is 24.7 Å². The molecule has 146 valence electrons. The Kier molecular flexibility index (Phi) is 5.90. The zero-order valence-electron chi connectivity index (χ0n) is 14.2. The lowest BCUT2D eigenvalue weighted by Gasteiger charge is -2.14. The minimum atomic E-state index is -4.50. The summed E-state index contributed by atoms with van der Waals surface area (Å²) in [6.45, 7) is 0.0188. The zero-order valence-corrected chi connectivity index (χ0v) is 15.8. The van der Waals surface area contributed by atoms with Crippen molar-refractivity contribution in [2.75, 3.05) is 11.9 Å². The van der Waals surface area contributed by atoms with Gasteiger partial charge in [-0.25, -0.2) is 0 Å². The van der Waals surface area contributed by atoms with E-state index >= 15 is 0 Å². The second kappa shape index (κ2) is 8.19. The Bertz CT molecular complexity index is 940. The van der Waals surface area contributed by atoms with E-state index in [4.69, 9.17) is 16.6 Å². The van der Waals surface area contributed by atoms with Gasteiger partial charge >= 0.3 is 6.18 Å². The maximum absolute atomic E-state index is 12.7. The fourth-order valence-corrected chi connectivity index (χ4v) is 3.69. The first-order valence-corrected chi connectivity index (χ1v) is 9.22. The van der Waals surface area contributed by atoms with Gasteiger partial charge in [-0.2, -0.15) is 13.2 Å². The highest BCUT2D eigenvalue weighted by Gasteiger charge is 2.33. The van der Waals surface area contributed by atoms with Crippen LogP contribution in [0.3, 0.4) is 0 Å². The number of carbonyl (C=O) groups is 2. The SMILES string of the molecule is O=C(CCN1C(=O)/C(=C\c2ccco2)SC1=S)Nc1cccc(C(F)(F)F)c1. The van der Waals surface area contributed by atoms with E-state index in [0.29, 0.717) is 15.0 Å². The Morgan fingerprint density at radius 2 is 2.07 bits per heavy atom. The number of thiocarbonyl (C=S) groups is 1. The van der Waals surface area contributed by atoms with E-state index in [1.165, 1.54) is 23.3 Å². The molecule has 28 heavy (non-hydrogen) atoms. The molecule has 1 N–H and O–H groups in total. The highest BCUT2D eigenvalue weighted by atomic mass is 32.2. The molecule has 2 aromatic rings. The van der Waals surface area contributed by atoms with E-state index in [2.05, 4.69) is 5.32 Å². The summed E-state index contributed by atoms with van der Waals surface area (Å²) >= 11 is 6.26. The van der Waals surface area contributed by atoms with E-state index in [-0.39, 0.29) is 24.6 Å². The van der Waals surface area contributed by atoms with E-state index in [1.807, 2.05) is 0 Å². The van der Waals surface area contributed by atoms with Crippen LogP contribution in [-0.4, -0.2) is 27.6 Å². The van der Waals surface area contributed by atoms with Crippen LogP contribution in [0.2, 0.25) is 0 Å². The third kappa shape index (κ3) is 4.82. The summed E-state index contributed by atoms with van der Waals surface area (Å²) in [4.78, 5) is 26.1. The molecule has 0 radical (unpaired) electrons. The number of benzene rings is 1. The lowest BCUT2D eigenvalue weighted by molar-refractivity contribution is -0.137. The zero-order chi connectivity index (χ0) is 20.3. The standard InChI is InChI=1S/C18H13F3N2O3S2/c19-18(20,21)11-3-1-4-12(9-11)22-15(24)6-7-23-16(25)14(28-17(23)27)10-13-5-2-8-26-13/h1-5,8-10H,6-7H2,(H,22,24)/b14-10+. The van der Waals surface area contributed by atoms with Crippen LogP contribution in [0.5, 0.6) is 0 Å². The number of alkyl halides is 3. The largest absolute Gasteiger partial charge is 0.465 e. The highest BCUT2D eigenvalue weighted by molar-refractivity contribution is 8.26. The fraction of sp³-hybridized carbons (Fsp3) is 0.167. The first-order valence-electron chi connectivity index (χ1n) is 8.00. The predicted molar refractivity (Wildman–Crippen MR) is 103 cm³/mol. The Hall–Kier alpha value is -2.59. The predicted octanol–water partition coefficient (Wildman–Crippen LogP) is 4.53. The molecule has 10 heteroatoms. The minimum Gasteiger partial charge on any atom is -0.465 e. The molecule has 1 saturated heterocycles. The maximum atomic E-state index is 12.7. The molecule has 0 unspecified atom stereocenters. The third-order valence-corrected chi connectivity index (χ3v) is 5.10. The van der Waals surface area contributed by atoms with Crippen LogP contribution in [0.4, 0.5) is 18.9 Å². The second-order valence-electron chi connectivity index (χ2n) is 5.73. The van der Waals surface area contributed by atoms with Gasteiger partial charge in [-0.3, -0.25) is 14.5 Å². The topological polar surface area (TPSA) is 62.6 Å². The van der Waals surface area contributed by atoms with Gasteiger partial charge in [-0.05, 0) is 30.3 Å². The Labute approximate surface area is 167 Å². The summed E-state index contributed by atoms with van der Waals surface area (Å²) in [6, 6.07) is 7.71. The molecule has 0 spiro atoms. The average molecular weight is 426 g/mol. The Balaban J connectivity index is 1.59. The Morgan fingerprint density at radius 1 is 1.29 bits per heavy atom. The molecule has 0 aliphatic carbocycles. The number of amides is 2. The third-order valence-electron chi connectivity index (χ3n) is 3.73. The van der Waals surface area contributed by atoms with Gasteiger partial charge in [-0.1, -0.05) is 30.0 Å². The molecule has 1 aliphatic heterocycles. The Morgan fingerprint density at radius 3 is 2.75 bits per heavy atom. The number of rotatable bonds is 5. The summed E-state index contributed by atoms with van der Waals surface area (Å²) < 4.78 is 43.7. The van der Waals surface area contributed by atoms with Crippen molar-refractivity contribution in [3.63, 3.8) is 0 Å². The van der Waals surface area contributed by atoms with Gasteiger partial charge in [-0.15, -0.1) is 0 Å². The van der Waals surface area contributed by atoms with Crippen molar-refractivity contribution in [1.29, 1.82) is 0 Å². The van der Waals surface area contributed by atoms with Crippen molar-refractivity contribution in [2.24, 2.45) is 0 Å². The van der Waals surface area contributed by atoms with E-state index in [0.717, 1.165) is 23.9 Å². The van der Waals surface area contributed by atoms with E-state index in [9.17, 15) is 22.8 Å². The van der Waals surface area contributed by atoms with E-state index < -0.39 is 17.6 Å². The lowest BCUT2D eigenvalue weighted by atomic mass is 10.2. The summed E-state index contributed by atoms with van der Waals surface area (Å²) in [5, 5.41) is 2.40. The van der Waals surface area contributed by atoms with Crippen LogP contribution in [0, 0.1) is 0 Å². The molecular weight excluding hydrogens is 413 g/mol. The number of nitrogens with zero attached hydrogens (tertiary/aromatic N) is 1. The summed E-state index contributed by atoms with van der Waals surface area (Å²) in [5.41, 5.74) is -0.826. The number of thioether (sulfide) groups is 1. The molecule has 5 nitrogen and oxygen atoms in total. The van der Waals surface area contributed by atoms with E-state index in [1.54, 1.807) is 18.2 Å². The number of carbonyl (C=O) groups excluding carboxylic acids is 2. The fourth-order valence-electron chi connectivity index (χ4n) is 2.41. The molecule has 0 bridgehead atoms. The van der Waals surface area contributed by atoms with Crippen molar-refractivity contribution in [1.82, 2.24) is 4.90 Å². The highest BCUT2D eigenvalue weighted by Crippen LogP contribution is 2.33. The van der Waals surface area contributed by atoms with Crippen molar-refractivity contribution in [2.45, 2.75) is 12.6 Å². The van der Waals surface area contributed by atoms with Crippen LogP contribution in [0.25, 0.3) is 6.08 Å². The number of furan rings is 1. The molecule has 0 saturated carbocycles. The first kappa shape index (κ1) is 20.2. The number of hydrogen-bond donors (Lipinski definition) is 1. The number of hydrogen-bond acceptors (Lipinski definition) is 5. The molecule has 3 rings (SSSR count). The van der Waals surface area contributed by atoms with Gasteiger partial charge in [0.2, 0.25) is 5.91 Å². The number of anilines is 1. The van der Waals surface area contributed by atoms with Gasteiger partial charge in [0.1, 0.15) is 10.1 Å². The van der Waals surface area contributed by atoms with Crippen LogP contribution < -0.4 is 5.32 Å². The van der Waals surface area contributed by atoms with Crippen LogP contribution in [-0.2, 0) is 15.8 Å². The summed E-state index contributed by atoms with van der Waals surface area (Å²) in [5.74, 6) is -0.371. The lowest BCUT2D eigenvalue weighted by Crippen LogP contribution is -2.31. The van der Waals surface area contributed by atoms with Gasteiger partial charge in [0.25, 0.3) is 5.91 Å². The summed E-state index contributed by atoms with van der Waals surface area (Å²) in [7, 11) is 0. The van der Waals surface area contributed by atoms with Crippen molar-refractivity contribution >= 4 is 51.9 Å². The molecule has 0 atom stereocenters. The monoisotopic (exact) mass is 426 g/mol. The average Bonchev–Trinajstić information content (AvgIpc) is 3.22. The molecule has 1 aliphatic rings. The van der Waals surface area contributed by atoms with Crippen LogP contribution >= 0.6 is 24.0 Å². The molecule has 1 aromatic heterocycles. The first-order chi connectivity index (χ1) is 13.2. The van der Waals surface area contributed by atoms with Crippen molar-refractivity contribution in [3.05, 3.63) is 58.9 Å². The molecule has 1 fully saturated rings. The summed E-state index contributed by atoms with van der Waals surface area (Å²) in [6.07, 6.45) is -1.58. The molecule has 1 aromatic carbocycles. The maximum Gasteiger partial charge on any atom is 0.416 e. The van der Waals surface area contributed by atoms with Crippen LogP contribution in [0.15, 0.2) is 52.0 Å². The molecule has 2 amide bonds. The van der Waals surface area contributed by atoms with Crippen molar-refractivity contribution < 1.29 is 27.2 Å². The quantitative estimate of drug-likeness (QED) is 0.562.